The number of ether oxygens (including phenoxy) is 8. The second kappa shape index (κ2) is 21.4. The number of hydrogen-bond donors (Lipinski definition) is 6. The summed E-state index contributed by atoms with van der Waals surface area (Å²) >= 11 is 0. The fraction of sp³-hybridized carbons (Fsp3) is 0.263. The fourth-order valence-electron chi connectivity index (χ4n) is 11.0. The Hall–Kier alpha value is -9.46. The number of amides is 2. The molecule has 396 valence electrons. The van der Waals surface area contributed by atoms with Gasteiger partial charge in [0.05, 0.1) is 26.1 Å². The van der Waals surface area contributed by atoms with Gasteiger partial charge in [0.15, 0.2) is 36.2 Å². The lowest BCUT2D eigenvalue weighted by Crippen LogP contribution is -2.24. The smallest absolute Gasteiger partial charge is 0.341 e. The van der Waals surface area contributed by atoms with E-state index in [0.717, 1.165) is 0 Å². The lowest BCUT2D eigenvalue weighted by Gasteiger charge is -2.24. The van der Waals surface area contributed by atoms with Gasteiger partial charge in [0.25, 0.3) is 0 Å². The van der Waals surface area contributed by atoms with Crippen molar-refractivity contribution in [2.45, 2.75) is 42.9 Å². The van der Waals surface area contributed by atoms with Crippen molar-refractivity contribution in [3.05, 3.63) is 154 Å². The maximum absolute atomic E-state index is 13.6. The number of carbonyl (C=O) groups is 6. The number of anilines is 2. The molecule has 0 spiro atoms. The Bertz CT molecular complexity index is 3140. The molecule has 0 radical (unpaired) electrons. The Balaban J connectivity index is 0.890. The summed E-state index contributed by atoms with van der Waals surface area (Å²) in [6.07, 6.45) is -0.0549. The van der Waals surface area contributed by atoms with Gasteiger partial charge in [0.2, 0.25) is 25.4 Å². The molecule has 2 amide bonds. The molecule has 6 atom stereocenters. The van der Waals surface area contributed by atoms with Gasteiger partial charge in [-0.1, -0.05) is 36.4 Å². The van der Waals surface area contributed by atoms with Crippen molar-refractivity contribution in [3.63, 3.8) is 0 Å². The number of aliphatic carboxylic acids is 4. The minimum Gasteiger partial charge on any atom is -0.497 e. The minimum absolute atomic E-state index is 0.00867. The van der Waals surface area contributed by atoms with Crippen LogP contribution in [0.5, 0.6) is 46.0 Å². The molecular formula is C57H50N2O18. The molecule has 0 bridgehead atoms. The largest absolute Gasteiger partial charge is 0.497 e. The zero-order valence-electron chi connectivity index (χ0n) is 41.3. The number of carboxylic acid groups (broad SMARTS) is 4. The first-order valence-corrected chi connectivity index (χ1v) is 24.4. The summed E-state index contributed by atoms with van der Waals surface area (Å²) in [6.45, 7) is -1.40. The average Bonchev–Trinajstić information content (AvgIpc) is 4.33. The molecule has 0 aromatic heterocycles. The normalized spacial score (nSPS) is 19.1. The van der Waals surface area contributed by atoms with E-state index in [1.165, 1.54) is 26.4 Å². The van der Waals surface area contributed by atoms with E-state index in [0.29, 0.717) is 90.4 Å². The van der Waals surface area contributed by atoms with Gasteiger partial charge in [-0.2, -0.15) is 0 Å². The van der Waals surface area contributed by atoms with Crippen LogP contribution in [-0.2, 0) is 28.8 Å². The van der Waals surface area contributed by atoms with Crippen LogP contribution in [0, 0.1) is 11.8 Å². The van der Waals surface area contributed by atoms with Crippen LogP contribution in [0.3, 0.4) is 0 Å². The summed E-state index contributed by atoms with van der Waals surface area (Å²) in [6, 6.07) is 30.2. The highest BCUT2D eigenvalue weighted by molar-refractivity contribution is 5.94. The Kier molecular flexibility index (Phi) is 14.2. The molecule has 20 heteroatoms. The highest BCUT2D eigenvalue weighted by Crippen LogP contribution is 2.58. The third-order valence-corrected chi connectivity index (χ3v) is 14.2. The molecule has 6 aromatic rings. The lowest BCUT2D eigenvalue weighted by molar-refractivity contribution is -0.143. The minimum atomic E-state index is -1.24. The third-order valence-electron chi connectivity index (χ3n) is 14.2. The van der Waals surface area contributed by atoms with Crippen molar-refractivity contribution in [2.75, 3.05) is 51.7 Å². The average molecular weight is 1050 g/mol. The van der Waals surface area contributed by atoms with Crippen molar-refractivity contribution < 1.29 is 87.1 Å². The highest BCUT2D eigenvalue weighted by atomic mass is 16.7. The van der Waals surface area contributed by atoms with Crippen LogP contribution in [0.4, 0.5) is 11.4 Å². The summed E-state index contributed by atoms with van der Waals surface area (Å²) in [5.74, 6) is -8.32. The van der Waals surface area contributed by atoms with Crippen LogP contribution in [0.15, 0.2) is 109 Å². The monoisotopic (exact) mass is 1050 g/mol. The van der Waals surface area contributed by atoms with Crippen LogP contribution < -0.4 is 48.5 Å². The zero-order valence-corrected chi connectivity index (χ0v) is 41.3. The number of carboxylic acids is 4. The van der Waals surface area contributed by atoms with Gasteiger partial charge in [-0.05, 0) is 100 Å². The third kappa shape index (κ3) is 10.2. The van der Waals surface area contributed by atoms with Gasteiger partial charge in [-0.3, -0.25) is 19.2 Å². The molecule has 2 aliphatic heterocycles. The van der Waals surface area contributed by atoms with E-state index >= 15 is 0 Å². The number of hydrogen-bond acceptors (Lipinski definition) is 14. The summed E-state index contributed by atoms with van der Waals surface area (Å²) in [4.78, 5) is 77.6. The van der Waals surface area contributed by atoms with Crippen molar-refractivity contribution in [1.29, 1.82) is 0 Å². The highest BCUT2D eigenvalue weighted by Gasteiger charge is 2.50. The van der Waals surface area contributed by atoms with Crippen LogP contribution in [0.1, 0.15) is 87.4 Å². The van der Waals surface area contributed by atoms with Gasteiger partial charge in [-0.25, -0.2) is 9.59 Å². The number of methoxy groups -OCH3 is 2. The molecule has 0 saturated heterocycles. The van der Waals surface area contributed by atoms with Crippen LogP contribution >= 0.6 is 0 Å². The molecule has 0 fully saturated rings. The van der Waals surface area contributed by atoms with Gasteiger partial charge < -0.3 is 69.0 Å². The number of benzene rings is 6. The molecule has 2 aliphatic carbocycles. The van der Waals surface area contributed by atoms with E-state index in [1.807, 2.05) is 0 Å². The predicted molar refractivity (Wildman–Crippen MR) is 271 cm³/mol. The summed E-state index contributed by atoms with van der Waals surface area (Å²) in [7, 11) is 2.87. The van der Waals surface area contributed by atoms with E-state index in [9.17, 15) is 49.2 Å². The first kappa shape index (κ1) is 51.0. The van der Waals surface area contributed by atoms with Gasteiger partial charge in [0, 0.05) is 71.1 Å². The predicted octanol–water partition coefficient (Wildman–Crippen LogP) is 7.79. The van der Waals surface area contributed by atoms with Gasteiger partial charge in [0.1, 0.15) is 23.0 Å². The van der Waals surface area contributed by atoms with Gasteiger partial charge >= 0.3 is 23.9 Å². The molecule has 10 rings (SSSR count). The van der Waals surface area contributed by atoms with E-state index in [4.69, 9.17) is 37.9 Å². The molecule has 20 nitrogen and oxygen atoms in total. The SMILES string of the molecule is COc1ccc([C@@H]2c3cc(NC(=O)CCCC(=O)Nc4ccc5c(c4)[C@@H](c4ccc(OC)cc4OCC(=O)O)[C@H](C(=O)O)[C@H]5c4ccc5c(c4)OCO5)ccc3[C@H](c3ccc4c(c3)OCO4)[C@H]2C(=O)O)c(OCC(=O)O)c1. The number of rotatable bonds is 20. The Labute approximate surface area is 439 Å². The van der Waals surface area contributed by atoms with Gasteiger partial charge in [-0.15, -0.1) is 0 Å². The number of carbonyl (C=O) groups excluding carboxylic acids is 2. The Morgan fingerprint density at radius 2 is 0.870 bits per heavy atom. The number of fused-ring (bicyclic) bond motifs is 4. The van der Waals surface area contributed by atoms with E-state index in [-0.39, 0.29) is 44.3 Å². The molecule has 0 saturated carbocycles. The quantitative estimate of drug-likeness (QED) is 0.0425. The zero-order chi connectivity index (χ0) is 54.1. The molecular weight excluding hydrogens is 1000 g/mol. The molecule has 4 aliphatic rings. The molecule has 6 N–H and O–H groups in total. The Morgan fingerprint density at radius 3 is 1.26 bits per heavy atom. The van der Waals surface area contributed by atoms with E-state index in [2.05, 4.69) is 10.6 Å². The maximum Gasteiger partial charge on any atom is 0.341 e. The summed E-state index contributed by atoms with van der Waals surface area (Å²) in [5, 5.41) is 46.9. The fourth-order valence-corrected chi connectivity index (χ4v) is 11.0. The standard InChI is InChI=1S/C57H50N2O18/c1-70-32-10-14-36(42(22-32)72-24-48(62)63)52-38-20-30(8-12-34(38)50(54(52)56(66)67)28-6-16-40-44(18-28)76-26-74-40)58-46(60)4-3-5-47(61)59-31-9-13-35-39(21-31)53(37-15-11-33(71-2)23-43(37)73-25-49(64)65)55(57(68)69)51(35)29-7-17-41-45(19-29)77-27-75-41/h6-23,50-55H,3-5,24-27H2,1-2H3,(H,58,60)(H,59,61)(H,62,63)(H,64,65)(H,66,67)(H,68,69)/t50-,51-,52+,53+,54+,55+/m0/s1. The molecule has 2 heterocycles. The van der Waals surface area contributed by atoms with Crippen molar-refractivity contribution in [2.24, 2.45) is 11.8 Å². The summed E-state index contributed by atoms with van der Waals surface area (Å²) < 4.78 is 44.6. The van der Waals surface area contributed by atoms with E-state index < -0.39 is 84.4 Å². The van der Waals surface area contributed by atoms with Crippen molar-refractivity contribution in [3.8, 4) is 46.0 Å². The second-order valence-electron chi connectivity index (χ2n) is 18.7. The van der Waals surface area contributed by atoms with Crippen molar-refractivity contribution in [1.82, 2.24) is 0 Å². The van der Waals surface area contributed by atoms with Crippen molar-refractivity contribution >= 4 is 47.1 Å². The molecule has 6 aromatic carbocycles. The summed E-state index contributed by atoms with van der Waals surface area (Å²) in [5.41, 5.74) is 5.12. The lowest BCUT2D eigenvalue weighted by atomic mass is 9.79. The maximum atomic E-state index is 13.6. The number of nitrogens with one attached hydrogen (secondary N) is 2. The first-order valence-electron chi connectivity index (χ1n) is 24.4. The Morgan fingerprint density at radius 1 is 0.468 bits per heavy atom. The molecule has 77 heavy (non-hydrogen) atoms. The van der Waals surface area contributed by atoms with E-state index in [1.54, 1.807) is 97.1 Å². The van der Waals surface area contributed by atoms with Crippen LogP contribution in [-0.4, -0.2) is 97.1 Å². The first-order chi connectivity index (χ1) is 37.2. The van der Waals surface area contributed by atoms with Crippen LogP contribution in [0.25, 0.3) is 0 Å². The second-order valence-corrected chi connectivity index (χ2v) is 18.7. The molecule has 0 unspecified atom stereocenters. The topological polar surface area (TPSA) is 281 Å². The van der Waals surface area contributed by atoms with Crippen LogP contribution in [0.2, 0.25) is 0 Å².